The van der Waals surface area contributed by atoms with Gasteiger partial charge < -0.3 is 30.6 Å². The molecule has 9 heteroatoms. The van der Waals surface area contributed by atoms with Crippen LogP contribution in [-0.4, -0.2) is 22.2 Å². The van der Waals surface area contributed by atoms with Gasteiger partial charge in [-0.3, -0.25) is 9.59 Å². The fourth-order valence-electron chi connectivity index (χ4n) is 5.86. The van der Waals surface area contributed by atoms with Crippen LogP contribution >= 0.6 is 0 Å². The first kappa shape index (κ1) is 33.0. The molecule has 2 heterocycles. The van der Waals surface area contributed by atoms with Gasteiger partial charge in [0.15, 0.2) is 0 Å². The van der Waals surface area contributed by atoms with E-state index in [1.54, 1.807) is 0 Å². The van der Waals surface area contributed by atoms with Crippen LogP contribution in [0.15, 0.2) is 121 Å². The summed E-state index contributed by atoms with van der Waals surface area (Å²) in [7, 11) is 0. The molecule has 0 spiro atoms. The monoisotopic (exact) mass is 714 g/mol. The number of hydrogen-bond donors (Lipinski definition) is 4. The van der Waals surface area contributed by atoms with Crippen molar-refractivity contribution >= 4 is 67.6 Å². The molecule has 0 bridgehead atoms. The average Bonchev–Trinajstić information content (AvgIpc) is 3.68. The van der Waals surface area contributed by atoms with Crippen molar-refractivity contribution in [2.45, 2.75) is 13.8 Å². The Labute approximate surface area is 286 Å². The number of fused-ring (bicyclic) bond motifs is 4. The third-order valence-corrected chi connectivity index (χ3v) is 7.61. The van der Waals surface area contributed by atoms with Gasteiger partial charge in [-0.15, -0.1) is 0 Å². The molecule has 0 aliphatic carbocycles. The smallest absolute Gasteiger partial charge is 0.514 e. The van der Waals surface area contributed by atoms with Crippen molar-refractivity contribution < 1.29 is 40.2 Å². The van der Waals surface area contributed by atoms with Crippen molar-refractivity contribution in [3.05, 3.63) is 135 Å². The summed E-state index contributed by atoms with van der Waals surface area (Å²) in [5, 5.41) is 26.7. The zero-order valence-corrected chi connectivity index (χ0v) is 27.2. The maximum Gasteiger partial charge on any atom is 2.00 e. The van der Waals surface area contributed by atoms with Crippen molar-refractivity contribution in [2.24, 2.45) is 0 Å². The summed E-state index contributed by atoms with van der Waals surface area (Å²) in [5.41, 5.74) is 9.20. The Morgan fingerprint density at radius 3 is 1.26 bits per heavy atom. The number of carboxylic acid groups (broad SMARTS) is 2. The number of anilines is 6. The van der Waals surface area contributed by atoms with E-state index in [0.29, 0.717) is 0 Å². The summed E-state index contributed by atoms with van der Waals surface area (Å²) >= 11 is 0. The van der Waals surface area contributed by atoms with Crippen molar-refractivity contribution in [1.82, 2.24) is 0 Å². The van der Waals surface area contributed by atoms with Gasteiger partial charge in [-0.25, -0.2) is 0 Å². The van der Waals surface area contributed by atoms with Crippen LogP contribution in [0, 0.1) is 13.3 Å². The minimum atomic E-state index is -0.833. The van der Waals surface area contributed by atoms with E-state index >= 15 is 0 Å². The van der Waals surface area contributed by atoms with E-state index in [2.05, 4.69) is 155 Å². The van der Waals surface area contributed by atoms with Gasteiger partial charge in [-0.1, -0.05) is 84.9 Å². The SMILES string of the molecule is CC(=O)O.CC(=O)O.[Pd+2].c1ccc2c(c1)N[CH-]N2c1ccc2ccccc2c1-c1c(N2[CH-]Nc3ccccc32)ccc2ccccc12. The normalized spacial score (nSPS) is 12.3. The third-order valence-electron chi connectivity index (χ3n) is 7.61. The maximum absolute atomic E-state index is 9.00. The Kier molecular flexibility index (Phi) is 10.1. The Hall–Kier alpha value is -5.36. The molecule has 238 valence electrons. The molecule has 0 fully saturated rings. The molecule has 0 amide bonds. The van der Waals surface area contributed by atoms with E-state index in [0.717, 1.165) is 48.0 Å². The fourth-order valence-corrected chi connectivity index (χ4v) is 5.86. The Morgan fingerprint density at radius 1 is 0.511 bits per heavy atom. The summed E-state index contributed by atoms with van der Waals surface area (Å²) in [4.78, 5) is 22.6. The number of rotatable bonds is 3. The van der Waals surface area contributed by atoms with Crippen LogP contribution < -0.4 is 20.4 Å². The van der Waals surface area contributed by atoms with Gasteiger partial charge in [0.05, 0.1) is 0 Å². The van der Waals surface area contributed by atoms with E-state index in [-0.39, 0.29) is 20.4 Å². The van der Waals surface area contributed by atoms with Crippen LogP contribution in [-0.2, 0) is 30.0 Å². The van der Waals surface area contributed by atoms with Crippen molar-refractivity contribution in [3.63, 3.8) is 0 Å². The predicted molar refractivity (Wildman–Crippen MR) is 187 cm³/mol. The zero-order chi connectivity index (χ0) is 32.2. The summed E-state index contributed by atoms with van der Waals surface area (Å²) < 4.78 is 0. The minimum absolute atomic E-state index is 0. The van der Waals surface area contributed by atoms with E-state index in [1.165, 1.54) is 32.7 Å². The second-order valence-corrected chi connectivity index (χ2v) is 10.7. The van der Waals surface area contributed by atoms with E-state index in [9.17, 15) is 0 Å². The fraction of sp³-hybridized carbons (Fsp3) is 0.0526. The molecule has 0 radical (unpaired) electrons. The van der Waals surface area contributed by atoms with Crippen LogP contribution in [0.3, 0.4) is 0 Å². The number of para-hydroxylation sites is 4. The van der Waals surface area contributed by atoms with Crippen LogP contribution in [0.2, 0.25) is 0 Å². The Morgan fingerprint density at radius 2 is 0.851 bits per heavy atom. The van der Waals surface area contributed by atoms with Crippen LogP contribution in [0.4, 0.5) is 34.1 Å². The molecule has 0 aromatic heterocycles. The molecular weight excluding hydrogens is 683 g/mol. The Balaban J connectivity index is 0.000000437. The molecule has 8 rings (SSSR count). The van der Waals surface area contributed by atoms with Crippen molar-refractivity contribution in [3.8, 4) is 11.1 Å². The first-order valence-corrected chi connectivity index (χ1v) is 14.7. The predicted octanol–water partition coefficient (Wildman–Crippen LogP) is 9.21. The number of aliphatic carboxylic acids is 2. The van der Waals surface area contributed by atoms with Crippen LogP contribution in [0.1, 0.15) is 13.8 Å². The number of nitrogens with zero attached hydrogens (tertiary/aromatic N) is 2. The topological polar surface area (TPSA) is 105 Å². The van der Waals surface area contributed by atoms with Gasteiger partial charge >= 0.3 is 20.4 Å². The van der Waals surface area contributed by atoms with Gasteiger partial charge in [0.25, 0.3) is 11.9 Å². The molecule has 8 nitrogen and oxygen atoms in total. The molecular formula is C38H32N4O4Pd. The van der Waals surface area contributed by atoms with Crippen LogP contribution in [0.25, 0.3) is 32.7 Å². The van der Waals surface area contributed by atoms with Crippen LogP contribution in [0.5, 0.6) is 0 Å². The quantitative estimate of drug-likeness (QED) is 0.106. The first-order chi connectivity index (χ1) is 22.3. The summed E-state index contributed by atoms with van der Waals surface area (Å²) in [6.07, 6.45) is 0. The molecule has 6 aromatic rings. The average molecular weight is 715 g/mol. The molecule has 2 aliphatic heterocycles. The first-order valence-electron chi connectivity index (χ1n) is 14.7. The van der Waals surface area contributed by atoms with Gasteiger partial charge in [0.2, 0.25) is 0 Å². The van der Waals surface area contributed by atoms with E-state index in [1.807, 2.05) is 0 Å². The molecule has 0 saturated heterocycles. The van der Waals surface area contributed by atoms with Gasteiger partial charge in [-0.2, -0.15) is 13.3 Å². The minimum Gasteiger partial charge on any atom is -0.514 e. The van der Waals surface area contributed by atoms with Crippen molar-refractivity contribution in [2.75, 3.05) is 20.4 Å². The molecule has 6 aromatic carbocycles. The molecule has 0 atom stereocenters. The molecule has 0 unspecified atom stereocenters. The Bertz CT molecular complexity index is 1930. The molecule has 2 aliphatic rings. The summed E-state index contributed by atoms with van der Waals surface area (Å²) in [6, 6.07) is 43.3. The zero-order valence-electron chi connectivity index (χ0n) is 25.6. The van der Waals surface area contributed by atoms with E-state index < -0.39 is 11.9 Å². The number of carboxylic acids is 2. The second-order valence-electron chi connectivity index (χ2n) is 10.7. The van der Waals surface area contributed by atoms with E-state index in [4.69, 9.17) is 19.8 Å². The number of hydrogen-bond acceptors (Lipinski definition) is 6. The van der Waals surface area contributed by atoms with Gasteiger partial charge in [-0.05, 0) is 57.9 Å². The number of carbonyl (C=O) groups is 2. The van der Waals surface area contributed by atoms with Crippen molar-refractivity contribution in [1.29, 1.82) is 0 Å². The van der Waals surface area contributed by atoms with Gasteiger partial charge in [0.1, 0.15) is 0 Å². The molecule has 47 heavy (non-hydrogen) atoms. The largest absolute Gasteiger partial charge is 2.00 e. The van der Waals surface area contributed by atoms with Gasteiger partial charge in [0, 0.05) is 59.1 Å². The molecule has 0 saturated carbocycles. The number of benzene rings is 6. The number of nitrogens with one attached hydrogen (secondary N) is 2. The maximum atomic E-state index is 9.00. The third kappa shape index (κ3) is 6.78. The second kappa shape index (κ2) is 14.4. The molecule has 4 N–H and O–H groups in total. The summed E-state index contributed by atoms with van der Waals surface area (Å²) in [5.74, 6) is -1.67. The standard InChI is InChI=1S/C34H24N4.2C2H4O2.Pd/c1-3-11-25-23(9-1)17-19-31(37-21-35-27-13-5-7-15-29(27)37)33(25)34-26-12-4-2-10-24(26)18-20-32(34)38-22-36-28-14-6-8-16-30(28)38;2*1-2(3)4;/h1-22,35-36H;2*1H3,(H,3,4);/q-2;;;+2. The summed E-state index contributed by atoms with van der Waals surface area (Å²) in [6.45, 7) is 6.31.